The van der Waals surface area contributed by atoms with Gasteiger partial charge in [-0.25, -0.2) is 4.98 Å². The summed E-state index contributed by atoms with van der Waals surface area (Å²) in [7, 11) is 0. The van der Waals surface area contributed by atoms with E-state index in [0.29, 0.717) is 12.2 Å². The van der Waals surface area contributed by atoms with E-state index in [-0.39, 0.29) is 5.91 Å². The van der Waals surface area contributed by atoms with Crippen molar-refractivity contribution >= 4 is 27.7 Å². The molecule has 1 rings (SSSR count). The largest absolute Gasteiger partial charge is 0.310 e. The van der Waals surface area contributed by atoms with E-state index in [1.807, 2.05) is 19.1 Å². The van der Waals surface area contributed by atoms with E-state index < -0.39 is 5.92 Å². The summed E-state index contributed by atoms with van der Waals surface area (Å²) >= 11 is 3.32. The Morgan fingerprint density at radius 1 is 1.69 bits per heavy atom. The van der Waals surface area contributed by atoms with Crippen molar-refractivity contribution in [3.05, 3.63) is 22.3 Å². The zero-order chi connectivity index (χ0) is 12.1. The molecule has 1 unspecified atom stereocenters. The molecule has 0 aliphatic carbocycles. The van der Waals surface area contributed by atoms with Crippen LogP contribution in [0.2, 0.25) is 0 Å². The minimum Gasteiger partial charge on any atom is -0.310 e. The summed E-state index contributed by atoms with van der Waals surface area (Å²) in [5.74, 6) is -0.454. The van der Waals surface area contributed by atoms with E-state index in [0.717, 1.165) is 10.2 Å². The number of carbonyl (C=O) groups is 1. The van der Waals surface area contributed by atoms with E-state index in [9.17, 15) is 4.79 Å². The van der Waals surface area contributed by atoms with E-state index in [4.69, 9.17) is 5.26 Å². The fourth-order valence-corrected chi connectivity index (χ4v) is 1.38. The van der Waals surface area contributed by atoms with Gasteiger partial charge in [0.2, 0.25) is 5.91 Å². The average molecular weight is 282 g/mol. The molecule has 16 heavy (non-hydrogen) atoms. The van der Waals surface area contributed by atoms with Crippen LogP contribution in [0.5, 0.6) is 0 Å². The Morgan fingerprint density at radius 2 is 2.38 bits per heavy atom. The van der Waals surface area contributed by atoms with Gasteiger partial charge in [0.1, 0.15) is 11.7 Å². The first-order chi connectivity index (χ1) is 7.58. The minimum atomic E-state index is -0.620. The van der Waals surface area contributed by atoms with Gasteiger partial charge in [0, 0.05) is 4.47 Å². The first-order valence-corrected chi connectivity index (χ1v) is 5.71. The molecular formula is C11H12BrN3O. The molecule has 0 aliphatic rings. The van der Waals surface area contributed by atoms with Crippen molar-refractivity contribution in [1.82, 2.24) is 4.98 Å². The third-order valence-corrected chi connectivity index (χ3v) is 2.99. The van der Waals surface area contributed by atoms with E-state index in [1.165, 1.54) is 0 Å². The van der Waals surface area contributed by atoms with Crippen molar-refractivity contribution in [3.8, 4) is 6.07 Å². The van der Waals surface area contributed by atoms with Crippen LogP contribution < -0.4 is 5.32 Å². The van der Waals surface area contributed by atoms with Gasteiger partial charge in [-0.3, -0.25) is 4.79 Å². The fourth-order valence-electron chi connectivity index (χ4n) is 1.16. The number of aromatic nitrogens is 1. The first kappa shape index (κ1) is 12.7. The number of hydrogen-bond donors (Lipinski definition) is 1. The zero-order valence-corrected chi connectivity index (χ0v) is 10.7. The molecule has 5 heteroatoms. The maximum Gasteiger partial charge on any atom is 0.242 e. The van der Waals surface area contributed by atoms with Crippen LogP contribution in [0.4, 0.5) is 5.82 Å². The van der Waals surface area contributed by atoms with Gasteiger partial charge >= 0.3 is 0 Å². The minimum absolute atomic E-state index is 0.306. The Labute approximate surface area is 103 Å². The van der Waals surface area contributed by atoms with Gasteiger partial charge in [-0.2, -0.15) is 5.26 Å². The molecular weight excluding hydrogens is 270 g/mol. The highest BCUT2D eigenvalue weighted by Crippen LogP contribution is 2.16. The second-order valence-corrected chi connectivity index (χ2v) is 4.20. The van der Waals surface area contributed by atoms with Crippen molar-refractivity contribution in [2.75, 3.05) is 5.32 Å². The molecule has 84 valence electrons. The molecule has 4 nitrogen and oxygen atoms in total. The van der Waals surface area contributed by atoms with Crippen LogP contribution in [0.1, 0.15) is 19.0 Å². The van der Waals surface area contributed by atoms with Crippen LogP contribution in [0.15, 0.2) is 16.6 Å². The van der Waals surface area contributed by atoms with Crippen molar-refractivity contribution in [2.24, 2.45) is 5.92 Å². The number of aryl methyl sites for hydroxylation is 1. The van der Waals surface area contributed by atoms with Crippen molar-refractivity contribution in [1.29, 1.82) is 5.26 Å². The standard InChI is InChI=1S/C11H12BrN3O/c1-3-8(6-13)11(16)15-10-5-4-9(12)7(2)14-10/h4-5,8H,3H2,1-2H3,(H,14,15,16). The number of nitriles is 1. The van der Waals surface area contributed by atoms with Gasteiger partial charge in [-0.15, -0.1) is 0 Å². The average Bonchev–Trinajstić information content (AvgIpc) is 2.25. The topological polar surface area (TPSA) is 65.8 Å². The third kappa shape index (κ3) is 3.04. The van der Waals surface area contributed by atoms with Gasteiger partial charge < -0.3 is 5.32 Å². The Bertz CT molecular complexity index is 439. The second-order valence-electron chi connectivity index (χ2n) is 3.34. The van der Waals surface area contributed by atoms with Crippen LogP contribution in [-0.4, -0.2) is 10.9 Å². The van der Waals surface area contributed by atoms with Crippen molar-refractivity contribution < 1.29 is 4.79 Å². The monoisotopic (exact) mass is 281 g/mol. The van der Waals surface area contributed by atoms with Gasteiger partial charge in [-0.05, 0) is 41.4 Å². The maximum atomic E-state index is 11.6. The number of carbonyl (C=O) groups excluding carboxylic acids is 1. The lowest BCUT2D eigenvalue weighted by Crippen LogP contribution is -2.21. The molecule has 0 aliphatic heterocycles. The number of pyridine rings is 1. The Morgan fingerprint density at radius 3 is 2.88 bits per heavy atom. The lowest BCUT2D eigenvalue weighted by atomic mass is 10.1. The predicted octanol–water partition coefficient (Wildman–Crippen LogP) is 2.64. The maximum absolute atomic E-state index is 11.6. The highest BCUT2D eigenvalue weighted by molar-refractivity contribution is 9.10. The highest BCUT2D eigenvalue weighted by atomic mass is 79.9. The molecule has 0 bridgehead atoms. The molecule has 0 aromatic carbocycles. The van der Waals surface area contributed by atoms with Crippen LogP contribution in [-0.2, 0) is 4.79 Å². The number of rotatable bonds is 3. The van der Waals surface area contributed by atoms with Gasteiger partial charge in [-0.1, -0.05) is 6.92 Å². The predicted molar refractivity (Wildman–Crippen MR) is 64.7 cm³/mol. The molecule has 0 saturated carbocycles. The smallest absolute Gasteiger partial charge is 0.242 e. The molecule has 1 N–H and O–H groups in total. The number of halogens is 1. The van der Waals surface area contributed by atoms with Crippen LogP contribution in [0, 0.1) is 24.2 Å². The molecule has 1 amide bonds. The van der Waals surface area contributed by atoms with Gasteiger partial charge in [0.25, 0.3) is 0 Å². The zero-order valence-electron chi connectivity index (χ0n) is 9.12. The van der Waals surface area contributed by atoms with Crippen LogP contribution >= 0.6 is 15.9 Å². The summed E-state index contributed by atoms with van der Waals surface area (Å²) in [6, 6.07) is 5.45. The summed E-state index contributed by atoms with van der Waals surface area (Å²) in [6.45, 7) is 3.63. The Kier molecular flexibility index (Phi) is 4.44. The summed E-state index contributed by atoms with van der Waals surface area (Å²) in [6.07, 6.45) is 0.498. The normalized spacial score (nSPS) is 11.6. The number of nitrogens with zero attached hydrogens (tertiary/aromatic N) is 2. The van der Waals surface area contributed by atoms with E-state index in [1.54, 1.807) is 13.0 Å². The quantitative estimate of drug-likeness (QED) is 0.926. The molecule has 1 atom stereocenters. The number of nitrogens with one attached hydrogen (secondary N) is 1. The Hall–Kier alpha value is -1.41. The van der Waals surface area contributed by atoms with Crippen LogP contribution in [0.25, 0.3) is 0 Å². The van der Waals surface area contributed by atoms with Crippen LogP contribution in [0.3, 0.4) is 0 Å². The summed E-state index contributed by atoms with van der Waals surface area (Å²) in [5.41, 5.74) is 0.794. The molecule has 1 heterocycles. The van der Waals surface area contributed by atoms with Crippen molar-refractivity contribution in [2.45, 2.75) is 20.3 Å². The van der Waals surface area contributed by atoms with E-state index in [2.05, 4.69) is 26.2 Å². The lowest BCUT2D eigenvalue weighted by molar-refractivity contribution is -0.118. The third-order valence-electron chi connectivity index (χ3n) is 2.15. The molecule has 1 aromatic heterocycles. The number of amides is 1. The van der Waals surface area contributed by atoms with Gasteiger partial charge in [0.15, 0.2) is 0 Å². The highest BCUT2D eigenvalue weighted by Gasteiger charge is 2.15. The molecule has 0 fully saturated rings. The van der Waals surface area contributed by atoms with Crippen molar-refractivity contribution in [3.63, 3.8) is 0 Å². The lowest BCUT2D eigenvalue weighted by Gasteiger charge is -2.08. The second kappa shape index (κ2) is 5.61. The molecule has 0 saturated heterocycles. The number of anilines is 1. The number of hydrogen-bond acceptors (Lipinski definition) is 3. The summed E-state index contributed by atoms with van der Waals surface area (Å²) < 4.78 is 0.887. The fraction of sp³-hybridized carbons (Fsp3) is 0.364. The van der Waals surface area contributed by atoms with E-state index >= 15 is 0 Å². The summed E-state index contributed by atoms with van der Waals surface area (Å²) in [5, 5.41) is 11.4. The summed E-state index contributed by atoms with van der Waals surface area (Å²) in [4.78, 5) is 15.8. The molecule has 0 radical (unpaired) electrons. The molecule has 1 aromatic rings. The first-order valence-electron chi connectivity index (χ1n) is 4.92. The van der Waals surface area contributed by atoms with Gasteiger partial charge in [0.05, 0.1) is 11.8 Å². The SMILES string of the molecule is CCC(C#N)C(=O)Nc1ccc(Br)c(C)n1. The molecule has 0 spiro atoms. The Balaban J connectivity index is 2.78.